The van der Waals surface area contributed by atoms with E-state index >= 15 is 0 Å². The summed E-state index contributed by atoms with van der Waals surface area (Å²) in [4.78, 5) is 12.6. The number of aryl methyl sites for hydroxylation is 1. The molecule has 2 aromatic carbocycles. The van der Waals surface area contributed by atoms with E-state index in [2.05, 4.69) is 26.0 Å². The molecule has 2 N–H and O–H groups in total. The average Bonchev–Trinajstić information content (AvgIpc) is 2.68. The predicted molar refractivity (Wildman–Crippen MR) is 123 cm³/mol. The smallest absolute Gasteiger partial charge is 0.232 e. The van der Waals surface area contributed by atoms with Gasteiger partial charge in [0, 0.05) is 10.2 Å². The Kier molecular flexibility index (Phi) is 8.54. The minimum atomic E-state index is -3.36. The van der Waals surface area contributed by atoms with Crippen molar-refractivity contribution in [1.29, 1.82) is 0 Å². The lowest BCUT2D eigenvalue weighted by Gasteiger charge is -2.15. The number of hydrogen-bond acceptors (Lipinski definition) is 5. The molecule has 2 rings (SSSR count). The number of carbonyl (C=O) groups excluding carboxylic acids is 1. The Balaban J connectivity index is 2.14. The van der Waals surface area contributed by atoms with Crippen molar-refractivity contribution in [3.8, 4) is 11.5 Å². The van der Waals surface area contributed by atoms with E-state index in [4.69, 9.17) is 9.47 Å². The van der Waals surface area contributed by atoms with Crippen LogP contribution in [0.15, 0.2) is 34.8 Å². The molecule has 0 radical (unpaired) electrons. The zero-order valence-electron chi connectivity index (χ0n) is 17.5. The van der Waals surface area contributed by atoms with Crippen LogP contribution >= 0.6 is 15.9 Å². The Morgan fingerprint density at radius 2 is 1.67 bits per heavy atom. The van der Waals surface area contributed by atoms with Crippen molar-refractivity contribution in [2.75, 3.05) is 29.0 Å². The number of ether oxygens (including phenoxy) is 2. The molecule has 164 valence electrons. The fraction of sp³-hybridized carbons (Fsp3) is 0.381. The van der Waals surface area contributed by atoms with Gasteiger partial charge in [0.15, 0.2) is 11.5 Å². The number of halogens is 1. The number of amides is 1. The van der Waals surface area contributed by atoms with Gasteiger partial charge in [0.2, 0.25) is 15.9 Å². The van der Waals surface area contributed by atoms with Gasteiger partial charge in [0.1, 0.15) is 0 Å². The fourth-order valence-corrected chi connectivity index (χ4v) is 3.89. The molecule has 0 fully saturated rings. The molecular formula is C21H27BrN2O5S. The highest BCUT2D eigenvalue weighted by molar-refractivity contribution is 9.10. The van der Waals surface area contributed by atoms with Crippen LogP contribution in [-0.4, -0.2) is 33.3 Å². The molecule has 1 amide bonds. The summed E-state index contributed by atoms with van der Waals surface area (Å²) in [5, 5.41) is 2.84. The van der Waals surface area contributed by atoms with Gasteiger partial charge in [-0.15, -0.1) is 0 Å². The topological polar surface area (TPSA) is 93.7 Å². The van der Waals surface area contributed by atoms with Crippen LogP contribution in [0.25, 0.3) is 0 Å². The Bertz CT molecular complexity index is 1010. The number of rotatable bonds is 10. The standard InChI is InChI=1S/C21H27BrN2O5S/c1-5-28-19-11-15(17(22)13-20(19)29-6-2)12-21(25)23-16-8-9-18(14(4)10-16)24-30(26,27)7-3/h8-11,13,24H,5-7,12H2,1-4H3,(H,23,25). The molecule has 0 atom stereocenters. The largest absolute Gasteiger partial charge is 0.490 e. The van der Waals surface area contributed by atoms with E-state index < -0.39 is 10.0 Å². The first kappa shape index (κ1) is 24.0. The number of hydrogen-bond donors (Lipinski definition) is 2. The molecule has 0 saturated carbocycles. The van der Waals surface area contributed by atoms with Crippen molar-refractivity contribution < 1.29 is 22.7 Å². The Morgan fingerprint density at radius 3 is 2.23 bits per heavy atom. The molecule has 30 heavy (non-hydrogen) atoms. The van der Waals surface area contributed by atoms with Gasteiger partial charge < -0.3 is 14.8 Å². The highest BCUT2D eigenvalue weighted by Crippen LogP contribution is 2.34. The third-order valence-electron chi connectivity index (χ3n) is 4.22. The molecule has 7 nitrogen and oxygen atoms in total. The summed E-state index contributed by atoms with van der Waals surface area (Å²) in [6.07, 6.45) is 0.135. The predicted octanol–water partition coefficient (Wildman–Crippen LogP) is 4.50. The van der Waals surface area contributed by atoms with E-state index in [0.717, 1.165) is 10.0 Å². The second-order valence-electron chi connectivity index (χ2n) is 6.52. The molecule has 0 saturated heterocycles. The molecule has 0 aromatic heterocycles. The molecule has 9 heteroatoms. The first-order chi connectivity index (χ1) is 14.2. The van der Waals surface area contributed by atoms with Crippen LogP contribution in [0.4, 0.5) is 11.4 Å². The van der Waals surface area contributed by atoms with Gasteiger partial charge in [-0.1, -0.05) is 15.9 Å². The van der Waals surface area contributed by atoms with Crippen LogP contribution < -0.4 is 19.5 Å². The van der Waals surface area contributed by atoms with Gasteiger partial charge >= 0.3 is 0 Å². The van der Waals surface area contributed by atoms with E-state index in [9.17, 15) is 13.2 Å². The van der Waals surface area contributed by atoms with Crippen LogP contribution in [0.5, 0.6) is 11.5 Å². The molecule has 0 spiro atoms. The van der Waals surface area contributed by atoms with E-state index in [0.29, 0.717) is 41.7 Å². The summed E-state index contributed by atoms with van der Waals surface area (Å²) < 4.78 is 38.0. The minimum Gasteiger partial charge on any atom is -0.490 e. The van der Waals surface area contributed by atoms with Gasteiger partial charge in [-0.3, -0.25) is 9.52 Å². The molecule has 0 aliphatic heterocycles. The second-order valence-corrected chi connectivity index (χ2v) is 9.38. The molecule has 0 aliphatic rings. The van der Waals surface area contributed by atoms with Crippen molar-refractivity contribution in [2.24, 2.45) is 0 Å². The summed E-state index contributed by atoms with van der Waals surface area (Å²) in [5.74, 6) is 1.000. The zero-order chi connectivity index (χ0) is 22.3. The number of carbonyl (C=O) groups is 1. The number of anilines is 2. The first-order valence-corrected chi connectivity index (χ1v) is 12.1. The third-order valence-corrected chi connectivity index (χ3v) is 6.25. The summed E-state index contributed by atoms with van der Waals surface area (Å²) in [5.41, 5.74) is 2.56. The van der Waals surface area contributed by atoms with Crippen LogP contribution in [-0.2, 0) is 21.2 Å². The van der Waals surface area contributed by atoms with Crippen molar-refractivity contribution >= 4 is 43.2 Å². The summed E-state index contributed by atoms with van der Waals surface area (Å²) in [6, 6.07) is 8.63. The van der Waals surface area contributed by atoms with Crippen molar-refractivity contribution in [3.05, 3.63) is 45.9 Å². The van der Waals surface area contributed by atoms with E-state index in [1.165, 1.54) is 0 Å². The Morgan fingerprint density at radius 1 is 1.03 bits per heavy atom. The number of sulfonamides is 1. The monoisotopic (exact) mass is 498 g/mol. The lowest BCUT2D eigenvalue weighted by molar-refractivity contribution is -0.115. The average molecular weight is 499 g/mol. The SMILES string of the molecule is CCOc1cc(Br)c(CC(=O)Nc2ccc(NS(=O)(=O)CC)c(C)c2)cc1OCC. The maximum absolute atomic E-state index is 12.6. The summed E-state index contributed by atoms with van der Waals surface area (Å²) in [6.45, 7) is 8.13. The quantitative estimate of drug-likeness (QED) is 0.502. The number of nitrogens with one attached hydrogen (secondary N) is 2. The van der Waals surface area contributed by atoms with E-state index in [1.54, 1.807) is 44.2 Å². The normalized spacial score (nSPS) is 11.1. The van der Waals surface area contributed by atoms with Crippen LogP contribution in [0.2, 0.25) is 0 Å². The van der Waals surface area contributed by atoms with Gasteiger partial charge in [-0.2, -0.15) is 0 Å². The third kappa shape index (κ3) is 6.63. The molecule has 0 aliphatic carbocycles. The molecule has 0 bridgehead atoms. The van der Waals surface area contributed by atoms with Crippen LogP contribution in [0.3, 0.4) is 0 Å². The second kappa shape index (κ2) is 10.7. The summed E-state index contributed by atoms with van der Waals surface area (Å²) in [7, 11) is -3.36. The summed E-state index contributed by atoms with van der Waals surface area (Å²) >= 11 is 3.49. The Hall–Kier alpha value is -2.26. The van der Waals surface area contributed by atoms with Crippen LogP contribution in [0, 0.1) is 6.92 Å². The van der Waals surface area contributed by atoms with Gasteiger partial charge in [0.25, 0.3) is 0 Å². The maximum atomic E-state index is 12.6. The van der Waals surface area contributed by atoms with E-state index in [1.807, 2.05) is 13.8 Å². The van der Waals surface area contributed by atoms with Crippen molar-refractivity contribution in [3.63, 3.8) is 0 Å². The molecule has 0 heterocycles. The molecular weight excluding hydrogens is 472 g/mol. The van der Waals surface area contributed by atoms with Crippen molar-refractivity contribution in [1.82, 2.24) is 0 Å². The zero-order valence-corrected chi connectivity index (χ0v) is 19.9. The fourth-order valence-electron chi connectivity index (χ4n) is 2.72. The van der Waals surface area contributed by atoms with Gasteiger partial charge in [-0.05, 0) is 69.2 Å². The van der Waals surface area contributed by atoms with Gasteiger partial charge in [-0.25, -0.2) is 8.42 Å². The first-order valence-electron chi connectivity index (χ1n) is 9.68. The maximum Gasteiger partial charge on any atom is 0.232 e. The van der Waals surface area contributed by atoms with Crippen LogP contribution in [0.1, 0.15) is 31.9 Å². The molecule has 2 aromatic rings. The lowest BCUT2D eigenvalue weighted by atomic mass is 10.1. The molecule has 0 unspecified atom stereocenters. The van der Waals surface area contributed by atoms with Gasteiger partial charge in [0.05, 0.1) is 31.1 Å². The lowest BCUT2D eigenvalue weighted by Crippen LogP contribution is -2.17. The van der Waals surface area contributed by atoms with Crippen molar-refractivity contribution in [2.45, 2.75) is 34.1 Å². The highest BCUT2D eigenvalue weighted by Gasteiger charge is 2.15. The highest BCUT2D eigenvalue weighted by atomic mass is 79.9. The van der Waals surface area contributed by atoms with E-state index in [-0.39, 0.29) is 18.1 Å². The Labute approximate surface area is 186 Å². The number of benzene rings is 2. The minimum absolute atomic E-state index is 0.00831.